The standard InChI is InChI=1S/C24H24N2O3/c1-23-12-24(13-23,29-14-23)15-28-21-11-20-19-7-6-17(5-4-16-2-3-16)10-18(19)8-9-26(20)22(27)25-21/h6-7,10-11,16H,2-3,8-9,12-15H2,1H3. The fourth-order valence-corrected chi connectivity index (χ4v) is 5.16. The lowest BCUT2D eigenvalue weighted by molar-refractivity contribution is -0.0485. The van der Waals surface area contributed by atoms with E-state index in [0.29, 0.717) is 30.4 Å². The number of aromatic nitrogens is 2. The van der Waals surface area contributed by atoms with E-state index in [1.54, 1.807) is 4.57 Å². The number of hydrogen-bond acceptors (Lipinski definition) is 4. The summed E-state index contributed by atoms with van der Waals surface area (Å²) in [6, 6.07) is 8.20. The molecule has 0 atom stereocenters. The maximum absolute atomic E-state index is 12.6. The lowest BCUT2D eigenvalue weighted by Gasteiger charge is -2.41. The summed E-state index contributed by atoms with van der Waals surface area (Å²) in [7, 11) is 0. The van der Waals surface area contributed by atoms with Crippen molar-refractivity contribution < 1.29 is 9.47 Å². The minimum absolute atomic E-state index is 0.185. The minimum atomic E-state index is -0.246. The molecule has 0 radical (unpaired) electrons. The van der Waals surface area contributed by atoms with E-state index >= 15 is 0 Å². The Balaban J connectivity index is 1.28. The van der Waals surface area contributed by atoms with Crippen LogP contribution in [-0.4, -0.2) is 28.4 Å². The van der Waals surface area contributed by atoms with Gasteiger partial charge in [-0.2, -0.15) is 4.98 Å². The quantitative estimate of drug-likeness (QED) is 0.758. The number of benzene rings is 1. The van der Waals surface area contributed by atoms with E-state index in [1.807, 2.05) is 6.07 Å². The Morgan fingerprint density at radius 3 is 2.93 bits per heavy atom. The minimum Gasteiger partial charge on any atom is -0.474 e. The second-order valence-corrected chi connectivity index (χ2v) is 9.50. The van der Waals surface area contributed by atoms with Gasteiger partial charge in [-0.3, -0.25) is 4.57 Å². The van der Waals surface area contributed by atoms with Gasteiger partial charge in [0.2, 0.25) is 5.88 Å². The molecule has 2 saturated heterocycles. The third-order valence-corrected chi connectivity index (χ3v) is 6.68. The van der Waals surface area contributed by atoms with Crippen LogP contribution in [0.15, 0.2) is 29.1 Å². The lowest BCUT2D eigenvalue weighted by Crippen LogP contribution is -2.47. The van der Waals surface area contributed by atoms with Crippen LogP contribution in [0.1, 0.15) is 43.7 Å². The molecule has 4 fully saturated rings. The second kappa shape index (κ2) is 5.96. The first kappa shape index (κ1) is 17.3. The van der Waals surface area contributed by atoms with E-state index in [0.717, 1.165) is 42.7 Å². The van der Waals surface area contributed by atoms with Crippen molar-refractivity contribution >= 4 is 0 Å². The molecule has 0 amide bonds. The largest absolute Gasteiger partial charge is 0.474 e. The molecule has 1 aromatic carbocycles. The van der Waals surface area contributed by atoms with Gasteiger partial charge in [0.25, 0.3) is 0 Å². The zero-order valence-electron chi connectivity index (χ0n) is 16.7. The molecule has 0 N–H and O–H groups in total. The number of rotatable bonds is 3. The molecule has 0 spiro atoms. The second-order valence-electron chi connectivity index (χ2n) is 9.50. The maximum Gasteiger partial charge on any atom is 0.351 e. The molecule has 1 aromatic heterocycles. The molecule has 0 unspecified atom stereocenters. The number of aryl methyl sites for hydroxylation is 1. The highest BCUT2D eigenvalue weighted by Gasteiger charge is 2.60. The maximum atomic E-state index is 12.6. The smallest absolute Gasteiger partial charge is 0.351 e. The normalized spacial score (nSPS) is 28.6. The molecule has 5 nitrogen and oxygen atoms in total. The first-order valence-corrected chi connectivity index (χ1v) is 10.5. The van der Waals surface area contributed by atoms with Crippen molar-refractivity contribution in [3.63, 3.8) is 0 Å². The number of hydrogen-bond donors (Lipinski definition) is 0. The van der Waals surface area contributed by atoms with Gasteiger partial charge in [-0.05, 0) is 55.2 Å². The molecule has 5 heteroatoms. The Hall–Kier alpha value is -2.58. The van der Waals surface area contributed by atoms with E-state index in [4.69, 9.17) is 9.47 Å². The van der Waals surface area contributed by atoms with Crippen LogP contribution in [0.2, 0.25) is 0 Å². The van der Waals surface area contributed by atoms with Crippen LogP contribution in [-0.2, 0) is 17.7 Å². The van der Waals surface area contributed by atoms with Gasteiger partial charge in [0.15, 0.2) is 0 Å². The summed E-state index contributed by atoms with van der Waals surface area (Å²) in [4.78, 5) is 16.8. The first-order chi connectivity index (χ1) is 14.0. The Bertz CT molecular complexity index is 1130. The fraction of sp³-hybridized carbons (Fsp3) is 0.500. The first-order valence-electron chi connectivity index (χ1n) is 10.5. The zero-order valence-corrected chi connectivity index (χ0v) is 16.7. The van der Waals surface area contributed by atoms with Gasteiger partial charge < -0.3 is 9.47 Å². The van der Waals surface area contributed by atoms with Crippen molar-refractivity contribution in [2.75, 3.05) is 13.2 Å². The summed E-state index contributed by atoms with van der Waals surface area (Å²) in [6.45, 7) is 4.15. The molecule has 7 rings (SSSR count). The topological polar surface area (TPSA) is 53.4 Å². The molecular formula is C24H24N2O3. The Morgan fingerprint density at radius 1 is 1.31 bits per heavy atom. The molecule has 2 aliphatic carbocycles. The van der Waals surface area contributed by atoms with Gasteiger partial charge in [-0.25, -0.2) is 4.79 Å². The van der Waals surface area contributed by atoms with E-state index in [9.17, 15) is 4.79 Å². The average molecular weight is 388 g/mol. The van der Waals surface area contributed by atoms with Crippen LogP contribution >= 0.6 is 0 Å². The number of ether oxygens (including phenoxy) is 2. The highest BCUT2D eigenvalue weighted by atomic mass is 16.6. The molecule has 2 aromatic rings. The number of fused-ring (bicyclic) bond motifs is 4. The third kappa shape index (κ3) is 2.98. The fourth-order valence-electron chi connectivity index (χ4n) is 5.16. The van der Waals surface area contributed by atoms with Crippen molar-refractivity contribution in [3.8, 4) is 29.0 Å². The van der Waals surface area contributed by atoms with E-state index in [1.165, 1.54) is 18.4 Å². The predicted molar refractivity (Wildman–Crippen MR) is 109 cm³/mol. The monoisotopic (exact) mass is 388 g/mol. The molecule has 5 aliphatic rings. The van der Waals surface area contributed by atoms with Gasteiger partial charge in [0.1, 0.15) is 12.2 Å². The molecule has 3 aliphatic heterocycles. The highest BCUT2D eigenvalue weighted by Crippen LogP contribution is 2.57. The van der Waals surface area contributed by atoms with E-state index < -0.39 is 0 Å². The summed E-state index contributed by atoms with van der Waals surface area (Å²) in [5.74, 6) is 7.60. The average Bonchev–Trinajstić information content (AvgIpc) is 3.39. The summed E-state index contributed by atoms with van der Waals surface area (Å²) in [6.07, 6.45) is 5.33. The van der Waals surface area contributed by atoms with Crippen LogP contribution in [0.5, 0.6) is 5.88 Å². The lowest BCUT2D eigenvalue weighted by atomic mass is 9.64. The molecule has 148 valence electrons. The third-order valence-electron chi connectivity index (χ3n) is 6.68. The summed E-state index contributed by atoms with van der Waals surface area (Å²) in [5, 5.41) is 0. The summed E-state index contributed by atoms with van der Waals surface area (Å²) in [5.41, 5.74) is 4.12. The van der Waals surface area contributed by atoms with Crippen molar-refractivity contribution in [2.45, 2.75) is 51.2 Å². The molecule has 2 saturated carbocycles. The van der Waals surface area contributed by atoms with Crippen molar-refractivity contribution in [1.82, 2.24) is 9.55 Å². The Morgan fingerprint density at radius 2 is 2.17 bits per heavy atom. The van der Waals surface area contributed by atoms with Gasteiger partial charge in [0.05, 0.1) is 12.3 Å². The summed E-state index contributed by atoms with van der Waals surface area (Å²) >= 11 is 0. The van der Waals surface area contributed by atoms with Gasteiger partial charge in [-0.15, -0.1) is 0 Å². The Labute approximate surface area is 170 Å². The molecule has 2 bridgehead atoms. The summed E-state index contributed by atoms with van der Waals surface area (Å²) < 4.78 is 13.7. The molecular weight excluding hydrogens is 364 g/mol. The number of nitrogens with zero attached hydrogens (tertiary/aromatic N) is 2. The predicted octanol–water partition coefficient (Wildman–Crippen LogP) is 3.18. The van der Waals surface area contributed by atoms with Crippen molar-refractivity contribution in [2.24, 2.45) is 11.3 Å². The molecule has 4 heterocycles. The van der Waals surface area contributed by atoms with Crippen LogP contribution in [0, 0.1) is 23.2 Å². The Kier molecular flexibility index (Phi) is 3.56. The van der Waals surface area contributed by atoms with E-state index in [2.05, 4.69) is 41.9 Å². The van der Waals surface area contributed by atoms with Crippen molar-refractivity contribution in [1.29, 1.82) is 0 Å². The van der Waals surface area contributed by atoms with E-state index in [-0.39, 0.29) is 11.3 Å². The molecule has 29 heavy (non-hydrogen) atoms. The van der Waals surface area contributed by atoms with Crippen molar-refractivity contribution in [3.05, 3.63) is 45.9 Å². The SMILES string of the molecule is CC12COC(COc3cc4n(c(=O)n3)CCc3cc(C#CC5CC5)ccc3-4)(C1)C2. The van der Waals surface area contributed by atoms with Crippen LogP contribution in [0.25, 0.3) is 11.3 Å². The van der Waals surface area contributed by atoms with Gasteiger partial charge in [0, 0.05) is 29.7 Å². The van der Waals surface area contributed by atoms with Gasteiger partial charge in [-0.1, -0.05) is 24.8 Å². The van der Waals surface area contributed by atoms with Crippen LogP contribution < -0.4 is 10.4 Å². The highest BCUT2D eigenvalue weighted by molar-refractivity contribution is 5.68. The van der Waals surface area contributed by atoms with Crippen LogP contribution in [0.3, 0.4) is 0 Å². The van der Waals surface area contributed by atoms with Crippen LogP contribution in [0.4, 0.5) is 0 Å². The zero-order chi connectivity index (χ0) is 19.6. The van der Waals surface area contributed by atoms with Gasteiger partial charge >= 0.3 is 5.69 Å².